The molecule has 0 aliphatic carbocycles. The van der Waals surface area contributed by atoms with Gasteiger partial charge in [0.15, 0.2) is 12.1 Å². The average Bonchev–Trinajstić information content (AvgIpc) is 2.53. The minimum atomic E-state index is -0.774. The smallest absolute Gasteiger partial charge is 0.273 e. The van der Waals surface area contributed by atoms with Crippen molar-refractivity contribution in [3.05, 3.63) is 12.1 Å². The molecule has 0 bridgehead atoms. The van der Waals surface area contributed by atoms with Gasteiger partial charge in [-0.3, -0.25) is 4.79 Å². The molecule has 0 unspecified atom stereocenters. The number of carbonyl (C=O) groups is 1. The van der Waals surface area contributed by atoms with Crippen LogP contribution in [0, 0.1) is 0 Å². The van der Waals surface area contributed by atoms with Crippen molar-refractivity contribution in [2.75, 3.05) is 0 Å². The molecule has 2 aromatic rings. The molecule has 7 nitrogen and oxygen atoms in total. The number of hydrogen-bond acceptors (Lipinski definition) is 5. The molecule has 0 saturated heterocycles. The Balaban J connectivity index is 2.83. The van der Waals surface area contributed by atoms with Crippen molar-refractivity contribution in [3.8, 4) is 0 Å². The molecule has 62 valence electrons. The van der Waals surface area contributed by atoms with Gasteiger partial charge in [-0.2, -0.15) is 4.98 Å². The zero-order chi connectivity index (χ0) is 8.72. The topological polar surface area (TPSA) is 107 Å². The second kappa shape index (κ2) is 1.97. The molecule has 0 saturated carbocycles. The van der Waals surface area contributed by atoms with Gasteiger partial charge in [0, 0.05) is 0 Å². The van der Waals surface area contributed by atoms with E-state index in [1.54, 1.807) is 0 Å². The molecule has 0 fully saturated rings. The summed E-state index contributed by atoms with van der Waals surface area (Å²) in [5, 5.41) is 12.4. The van der Waals surface area contributed by atoms with E-state index in [4.69, 9.17) is 15.4 Å². The zero-order valence-electron chi connectivity index (χ0n) is 5.76. The van der Waals surface area contributed by atoms with E-state index in [1.165, 1.54) is 0 Å². The molecule has 2 rings (SSSR count). The fourth-order valence-corrected chi connectivity index (χ4v) is 0.893. The molecule has 3 N–H and O–H groups in total. The maximum atomic E-state index is 10.7. The highest BCUT2D eigenvalue weighted by Gasteiger charge is 2.18. The Bertz CT molecular complexity index is 442. The van der Waals surface area contributed by atoms with Gasteiger partial charge in [0.2, 0.25) is 11.2 Å². The highest BCUT2D eigenvalue weighted by molar-refractivity contribution is 6.00. The summed E-state index contributed by atoms with van der Waals surface area (Å²) >= 11 is 0. The summed E-state index contributed by atoms with van der Waals surface area (Å²) in [5.74, 6) is -0.774. The number of rotatable bonds is 1. The van der Waals surface area contributed by atoms with Gasteiger partial charge in [-0.25, -0.2) is 0 Å². The van der Waals surface area contributed by atoms with Crippen molar-refractivity contribution in [1.82, 2.24) is 14.9 Å². The third kappa shape index (κ3) is 0.669. The van der Waals surface area contributed by atoms with Gasteiger partial charge in [0.05, 0.1) is 0 Å². The van der Waals surface area contributed by atoms with Gasteiger partial charge in [-0.05, 0) is 0 Å². The fourth-order valence-electron chi connectivity index (χ4n) is 0.893. The summed E-state index contributed by atoms with van der Waals surface area (Å²) in [7, 11) is 0. The monoisotopic (exact) mass is 168 g/mol. The predicted molar refractivity (Wildman–Crippen MR) is 35.5 cm³/mol. The van der Waals surface area contributed by atoms with Crippen LogP contribution in [0.2, 0.25) is 0 Å². The SMILES string of the molecule is NC(=O)c1nn(O)c2ncoc12. The lowest BCUT2D eigenvalue weighted by Crippen LogP contribution is -2.12. The van der Waals surface area contributed by atoms with Crippen LogP contribution in [-0.2, 0) is 0 Å². The number of primary amides is 1. The van der Waals surface area contributed by atoms with E-state index in [0.717, 1.165) is 6.39 Å². The number of hydrogen-bond donors (Lipinski definition) is 2. The molecule has 0 aliphatic rings. The third-order valence-corrected chi connectivity index (χ3v) is 1.38. The van der Waals surface area contributed by atoms with Crippen LogP contribution in [0.3, 0.4) is 0 Å². The van der Waals surface area contributed by atoms with Gasteiger partial charge in [0.25, 0.3) is 5.91 Å². The van der Waals surface area contributed by atoms with E-state index in [-0.39, 0.29) is 16.9 Å². The Hall–Kier alpha value is -2.05. The number of nitrogens with zero attached hydrogens (tertiary/aromatic N) is 3. The first-order valence-corrected chi connectivity index (χ1v) is 3.01. The van der Waals surface area contributed by atoms with Crippen LogP contribution < -0.4 is 5.73 Å². The van der Waals surface area contributed by atoms with Crippen LogP contribution in [0.1, 0.15) is 10.5 Å². The first-order valence-electron chi connectivity index (χ1n) is 3.01. The average molecular weight is 168 g/mol. The van der Waals surface area contributed by atoms with Crippen molar-refractivity contribution >= 4 is 17.1 Å². The van der Waals surface area contributed by atoms with E-state index in [9.17, 15) is 4.79 Å². The van der Waals surface area contributed by atoms with Gasteiger partial charge >= 0.3 is 0 Å². The van der Waals surface area contributed by atoms with Gasteiger partial charge < -0.3 is 15.4 Å². The van der Waals surface area contributed by atoms with Crippen molar-refractivity contribution in [1.29, 1.82) is 0 Å². The van der Waals surface area contributed by atoms with Crippen molar-refractivity contribution < 1.29 is 14.4 Å². The Kier molecular flexibility index (Phi) is 1.09. The molecular weight excluding hydrogens is 164 g/mol. The molecule has 0 radical (unpaired) electrons. The maximum absolute atomic E-state index is 10.7. The summed E-state index contributed by atoms with van der Waals surface area (Å²) in [6.45, 7) is 0. The number of fused-ring (bicyclic) bond motifs is 1. The molecule has 7 heteroatoms. The molecule has 0 atom stereocenters. The second-order valence-corrected chi connectivity index (χ2v) is 2.11. The van der Waals surface area contributed by atoms with Crippen LogP contribution in [0.25, 0.3) is 11.2 Å². The van der Waals surface area contributed by atoms with E-state index < -0.39 is 5.91 Å². The Labute approximate surface area is 65.3 Å². The number of nitrogens with two attached hydrogens (primary N) is 1. The zero-order valence-corrected chi connectivity index (χ0v) is 5.76. The van der Waals surface area contributed by atoms with Crippen molar-refractivity contribution in [2.45, 2.75) is 0 Å². The lowest BCUT2D eigenvalue weighted by molar-refractivity contribution is 0.0983. The quantitative estimate of drug-likeness (QED) is 0.550. The molecule has 1 amide bonds. The molecule has 0 aromatic carbocycles. The van der Waals surface area contributed by atoms with Gasteiger partial charge in [-0.15, -0.1) is 5.10 Å². The second-order valence-electron chi connectivity index (χ2n) is 2.11. The minimum Gasteiger partial charge on any atom is -0.439 e. The molecular formula is C5H4N4O3. The summed E-state index contributed by atoms with van der Waals surface area (Å²) in [6, 6.07) is 0. The Morgan fingerprint density at radius 2 is 2.50 bits per heavy atom. The van der Waals surface area contributed by atoms with Gasteiger partial charge in [-0.1, -0.05) is 4.85 Å². The van der Waals surface area contributed by atoms with Crippen LogP contribution in [0.4, 0.5) is 0 Å². The largest absolute Gasteiger partial charge is 0.439 e. The molecule has 0 aliphatic heterocycles. The lowest BCUT2D eigenvalue weighted by atomic mass is 10.4. The van der Waals surface area contributed by atoms with Crippen molar-refractivity contribution in [2.24, 2.45) is 5.73 Å². The standard InChI is InChI=1S/C5H4N4O3/c6-4(10)2-3-5(7-1-12-3)9(11)8-2/h1,11H,(H2,6,10). The summed E-state index contributed by atoms with van der Waals surface area (Å²) in [6.07, 6.45) is 1.09. The summed E-state index contributed by atoms with van der Waals surface area (Å²) in [4.78, 5) is 14.7. The van der Waals surface area contributed by atoms with E-state index in [0.29, 0.717) is 4.85 Å². The molecule has 0 spiro atoms. The van der Waals surface area contributed by atoms with E-state index >= 15 is 0 Å². The first-order chi connectivity index (χ1) is 5.70. The molecule has 2 heterocycles. The van der Waals surface area contributed by atoms with Crippen LogP contribution in [0.5, 0.6) is 0 Å². The third-order valence-electron chi connectivity index (χ3n) is 1.38. The Morgan fingerprint density at radius 1 is 1.75 bits per heavy atom. The van der Waals surface area contributed by atoms with Crippen molar-refractivity contribution in [3.63, 3.8) is 0 Å². The highest BCUT2D eigenvalue weighted by Crippen LogP contribution is 2.14. The van der Waals surface area contributed by atoms with Crippen LogP contribution in [0.15, 0.2) is 10.8 Å². The number of oxazole rings is 1. The van der Waals surface area contributed by atoms with Crippen LogP contribution >= 0.6 is 0 Å². The maximum Gasteiger partial charge on any atom is 0.273 e. The van der Waals surface area contributed by atoms with E-state index in [1.807, 2.05) is 0 Å². The van der Waals surface area contributed by atoms with Crippen LogP contribution in [-0.4, -0.2) is 26.0 Å². The summed E-state index contributed by atoms with van der Waals surface area (Å²) < 4.78 is 4.78. The molecule has 12 heavy (non-hydrogen) atoms. The minimum absolute atomic E-state index is 0.0730. The fraction of sp³-hybridized carbons (Fsp3) is 0. The highest BCUT2D eigenvalue weighted by atomic mass is 16.5. The predicted octanol–water partition coefficient (Wildman–Crippen LogP) is -0.640. The lowest BCUT2D eigenvalue weighted by Gasteiger charge is -1.84. The first kappa shape index (κ1) is 6.65. The summed E-state index contributed by atoms with van der Waals surface area (Å²) in [5.41, 5.74) is 4.97. The van der Waals surface area contributed by atoms with Gasteiger partial charge in [0.1, 0.15) is 0 Å². The normalized spacial score (nSPS) is 10.7. The van der Waals surface area contributed by atoms with E-state index in [2.05, 4.69) is 10.1 Å². The Morgan fingerprint density at radius 3 is 3.17 bits per heavy atom. The number of aromatic nitrogens is 3. The number of carbonyl (C=O) groups excluding carboxylic acids is 1. The molecule has 2 aromatic heterocycles. The number of amides is 1.